The van der Waals surface area contributed by atoms with E-state index in [9.17, 15) is 9.59 Å². The van der Waals surface area contributed by atoms with E-state index in [2.05, 4.69) is 36.2 Å². The van der Waals surface area contributed by atoms with Gasteiger partial charge >= 0.3 is 0 Å². The highest BCUT2D eigenvalue weighted by Gasteiger charge is 2.13. The van der Waals surface area contributed by atoms with E-state index in [1.165, 1.54) is 0 Å². The summed E-state index contributed by atoms with van der Waals surface area (Å²) in [6.45, 7) is 12.6. The fourth-order valence-corrected chi connectivity index (χ4v) is 3.40. The van der Waals surface area contributed by atoms with E-state index in [4.69, 9.17) is 0 Å². The van der Waals surface area contributed by atoms with E-state index >= 15 is 0 Å². The lowest BCUT2D eigenvalue weighted by Gasteiger charge is -2.23. The quantitative estimate of drug-likeness (QED) is 0.679. The minimum Gasteiger partial charge on any atom is -0.372 e. The summed E-state index contributed by atoms with van der Waals surface area (Å²) in [5.74, 6) is -0.113. The van der Waals surface area contributed by atoms with Crippen molar-refractivity contribution in [2.24, 2.45) is 0 Å². The molecule has 5 heteroatoms. The maximum Gasteiger partial charge on any atom is 0.226 e. The van der Waals surface area contributed by atoms with Gasteiger partial charge in [-0.15, -0.1) is 0 Å². The van der Waals surface area contributed by atoms with E-state index < -0.39 is 0 Å². The highest BCUT2D eigenvalue weighted by molar-refractivity contribution is 5.92. The molecule has 0 atom stereocenters. The summed E-state index contributed by atoms with van der Waals surface area (Å²) in [5, 5.41) is 2.98. The Labute approximate surface area is 174 Å². The van der Waals surface area contributed by atoms with Gasteiger partial charge in [-0.1, -0.05) is 29.8 Å². The van der Waals surface area contributed by atoms with Crippen LogP contribution >= 0.6 is 0 Å². The first kappa shape index (κ1) is 22.5. The number of rotatable bonds is 9. The van der Waals surface area contributed by atoms with Crippen molar-refractivity contribution in [2.45, 2.75) is 47.6 Å². The Kier molecular flexibility index (Phi) is 8.25. The zero-order valence-corrected chi connectivity index (χ0v) is 18.3. The molecule has 0 aliphatic rings. The molecule has 0 saturated carbocycles. The van der Waals surface area contributed by atoms with E-state index in [1.54, 1.807) is 11.8 Å². The van der Waals surface area contributed by atoms with Crippen LogP contribution in [0.15, 0.2) is 42.5 Å². The molecule has 0 unspecified atom stereocenters. The molecule has 0 bridgehead atoms. The first-order valence-corrected chi connectivity index (χ1v) is 10.3. The third-order valence-electron chi connectivity index (χ3n) is 5.12. The van der Waals surface area contributed by atoms with Gasteiger partial charge in [-0.2, -0.15) is 0 Å². The van der Waals surface area contributed by atoms with Gasteiger partial charge in [0.1, 0.15) is 0 Å². The fourth-order valence-electron chi connectivity index (χ4n) is 3.40. The lowest BCUT2D eigenvalue weighted by Crippen LogP contribution is -2.31. The van der Waals surface area contributed by atoms with Gasteiger partial charge in [0.05, 0.1) is 0 Å². The second-order valence-electron chi connectivity index (χ2n) is 7.40. The summed E-state index contributed by atoms with van der Waals surface area (Å²) in [6, 6.07) is 14.2. The van der Waals surface area contributed by atoms with Crippen LogP contribution < -0.4 is 10.2 Å². The highest BCUT2D eigenvalue weighted by Crippen LogP contribution is 2.23. The van der Waals surface area contributed by atoms with Crippen molar-refractivity contribution in [1.82, 2.24) is 4.90 Å². The van der Waals surface area contributed by atoms with Crippen molar-refractivity contribution in [1.29, 1.82) is 0 Å². The molecule has 0 fully saturated rings. The smallest absolute Gasteiger partial charge is 0.226 e. The second-order valence-corrected chi connectivity index (χ2v) is 7.40. The second kappa shape index (κ2) is 10.6. The molecule has 2 aromatic carbocycles. The predicted molar refractivity (Wildman–Crippen MR) is 120 cm³/mol. The first-order chi connectivity index (χ1) is 13.8. The van der Waals surface area contributed by atoms with Crippen LogP contribution in [-0.4, -0.2) is 36.3 Å². The molecule has 29 heavy (non-hydrogen) atoms. The number of nitrogens with one attached hydrogen (secondary N) is 1. The molecule has 0 aliphatic heterocycles. The first-order valence-electron chi connectivity index (χ1n) is 10.3. The standard InChI is InChI=1S/C24H33N3O2/c1-6-26(7-2)22-11-12-23(19(4)16-22)25-24(29)13-14-27(20(5)28)17-21-10-8-9-18(3)15-21/h8-12,15-16H,6-7,13-14,17H2,1-5H3,(H,25,29). The molecular weight excluding hydrogens is 362 g/mol. The third kappa shape index (κ3) is 6.63. The van der Waals surface area contributed by atoms with Crippen molar-refractivity contribution in [3.05, 3.63) is 59.2 Å². The Hall–Kier alpha value is -2.82. The molecule has 0 spiro atoms. The predicted octanol–water partition coefficient (Wildman–Crippen LogP) is 4.53. The number of carbonyl (C=O) groups is 2. The average molecular weight is 396 g/mol. The van der Waals surface area contributed by atoms with Gasteiger partial charge in [-0.25, -0.2) is 0 Å². The average Bonchev–Trinajstić information content (AvgIpc) is 2.68. The van der Waals surface area contributed by atoms with Gasteiger partial charge in [-0.3, -0.25) is 9.59 Å². The van der Waals surface area contributed by atoms with Crippen molar-refractivity contribution >= 4 is 23.2 Å². The molecule has 0 saturated heterocycles. The number of carbonyl (C=O) groups excluding carboxylic acids is 2. The van der Waals surface area contributed by atoms with Crippen LogP contribution in [0.25, 0.3) is 0 Å². The van der Waals surface area contributed by atoms with Gasteiger partial charge < -0.3 is 15.1 Å². The monoisotopic (exact) mass is 395 g/mol. The number of anilines is 2. The Morgan fingerprint density at radius 2 is 1.72 bits per heavy atom. The van der Waals surface area contributed by atoms with Crippen LogP contribution in [0.2, 0.25) is 0 Å². The number of hydrogen-bond acceptors (Lipinski definition) is 3. The van der Waals surface area contributed by atoms with Crippen molar-refractivity contribution in [3.63, 3.8) is 0 Å². The number of nitrogens with zero attached hydrogens (tertiary/aromatic N) is 2. The Morgan fingerprint density at radius 3 is 2.31 bits per heavy atom. The van der Waals surface area contributed by atoms with Crippen LogP contribution in [-0.2, 0) is 16.1 Å². The fraction of sp³-hybridized carbons (Fsp3) is 0.417. The molecule has 5 nitrogen and oxygen atoms in total. The number of benzene rings is 2. The van der Waals surface area contributed by atoms with Crippen LogP contribution in [0.4, 0.5) is 11.4 Å². The molecule has 2 aromatic rings. The summed E-state index contributed by atoms with van der Waals surface area (Å²) in [7, 11) is 0. The van der Waals surface area contributed by atoms with E-state index in [1.807, 2.05) is 44.2 Å². The SMILES string of the molecule is CCN(CC)c1ccc(NC(=O)CCN(Cc2cccc(C)c2)C(C)=O)c(C)c1. The Morgan fingerprint density at radius 1 is 1.00 bits per heavy atom. The van der Waals surface area contributed by atoms with Crippen molar-refractivity contribution in [2.75, 3.05) is 29.9 Å². The Bertz CT molecular complexity index is 844. The molecule has 0 aromatic heterocycles. The number of aryl methyl sites for hydroxylation is 2. The minimum atomic E-state index is -0.0841. The van der Waals surface area contributed by atoms with Gasteiger partial charge in [0, 0.05) is 50.9 Å². The lowest BCUT2D eigenvalue weighted by molar-refractivity contribution is -0.129. The molecule has 2 rings (SSSR count). The van der Waals surface area contributed by atoms with Crippen molar-refractivity contribution in [3.8, 4) is 0 Å². The van der Waals surface area contributed by atoms with E-state index in [-0.39, 0.29) is 18.2 Å². The van der Waals surface area contributed by atoms with Gasteiger partial charge in [-0.05, 0) is 57.0 Å². The molecule has 156 valence electrons. The number of hydrogen-bond donors (Lipinski definition) is 1. The third-order valence-corrected chi connectivity index (χ3v) is 5.12. The van der Waals surface area contributed by atoms with Gasteiger partial charge in [0.15, 0.2) is 0 Å². The molecule has 2 amide bonds. The largest absolute Gasteiger partial charge is 0.372 e. The summed E-state index contributed by atoms with van der Waals surface area (Å²) >= 11 is 0. The van der Waals surface area contributed by atoms with Crippen LogP contribution in [0, 0.1) is 13.8 Å². The molecular formula is C24H33N3O2. The van der Waals surface area contributed by atoms with Crippen LogP contribution in [0.1, 0.15) is 43.9 Å². The maximum atomic E-state index is 12.5. The summed E-state index contributed by atoms with van der Waals surface area (Å²) in [6.07, 6.45) is 0.267. The van der Waals surface area contributed by atoms with Crippen LogP contribution in [0.5, 0.6) is 0 Å². The molecule has 1 N–H and O–H groups in total. The number of amides is 2. The van der Waals surface area contributed by atoms with Gasteiger partial charge in [0.2, 0.25) is 11.8 Å². The highest BCUT2D eigenvalue weighted by atomic mass is 16.2. The molecule has 0 heterocycles. The normalized spacial score (nSPS) is 10.5. The topological polar surface area (TPSA) is 52.7 Å². The minimum absolute atomic E-state index is 0.0286. The van der Waals surface area contributed by atoms with Crippen LogP contribution in [0.3, 0.4) is 0 Å². The van der Waals surface area contributed by atoms with Crippen molar-refractivity contribution < 1.29 is 9.59 Å². The summed E-state index contributed by atoms with van der Waals surface area (Å²) in [5.41, 5.74) is 5.24. The summed E-state index contributed by atoms with van der Waals surface area (Å²) in [4.78, 5) is 28.5. The summed E-state index contributed by atoms with van der Waals surface area (Å²) < 4.78 is 0. The molecule has 0 radical (unpaired) electrons. The lowest BCUT2D eigenvalue weighted by atomic mass is 10.1. The zero-order chi connectivity index (χ0) is 21.4. The maximum absolute atomic E-state index is 12.5. The van der Waals surface area contributed by atoms with Gasteiger partial charge in [0.25, 0.3) is 0 Å². The zero-order valence-electron chi connectivity index (χ0n) is 18.3. The molecule has 0 aliphatic carbocycles. The van der Waals surface area contributed by atoms with E-state index in [0.717, 1.165) is 41.2 Å². The van der Waals surface area contributed by atoms with E-state index in [0.29, 0.717) is 13.1 Å². The Balaban J connectivity index is 1.96.